The predicted molar refractivity (Wildman–Crippen MR) is 95.0 cm³/mol. The van der Waals surface area contributed by atoms with Crippen LogP contribution in [0.1, 0.15) is 43.2 Å². The Hall–Kier alpha value is -0.670. The van der Waals surface area contributed by atoms with Crippen LogP contribution in [0.2, 0.25) is 0 Å². The summed E-state index contributed by atoms with van der Waals surface area (Å²) in [6, 6.07) is 6.41. The number of rotatable bonds is 2. The highest BCUT2D eigenvalue weighted by Crippen LogP contribution is 2.61. The lowest BCUT2D eigenvalue weighted by Crippen LogP contribution is -2.46. The van der Waals surface area contributed by atoms with E-state index in [1.54, 1.807) is 7.11 Å². The van der Waals surface area contributed by atoms with Crippen molar-refractivity contribution in [2.24, 2.45) is 17.3 Å². The summed E-state index contributed by atoms with van der Waals surface area (Å²) in [5.74, 6) is 1.87. The molecule has 24 heavy (non-hydrogen) atoms. The summed E-state index contributed by atoms with van der Waals surface area (Å²) in [4.78, 5) is 0. The van der Waals surface area contributed by atoms with Gasteiger partial charge >= 0.3 is 0 Å². The summed E-state index contributed by atoms with van der Waals surface area (Å²) in [6.45, 7) is 2.19. The molecule has 3 aliphatic rings. The fraction of sp³-hybridized carbons (Fsp3) is 0.684. The van der Waals surface area contributed by atoms with Crippen LogP contribution in [0, 0.1) is 17.3 Å². The first-order valence-electron chi connectivity index (χ1n) is 8.89. The van der Waals surface area contributed by atoms with Crippen LogP contribution >= 0.6 is 9.47 Å². The highest BCUT2D eigenvalue weighted by atomic mass is 31.0. The molecule has 4 nitrogen and oxygen atoms in total. The van der Waals surface area contributed by atoms with E-state index in [2.05, 4.69) is 28.5 Å². The molecule has 5 heteroatoms. The zero-order valence-electron chi connectivity index (χ0n) is 14.3. The van der Waals surface area contributed by atoms with E-state index in [0.717, 1.165) is 31.4 Å². The van der Waals surface area contributed by atoms with Crippen molar-refractivity contribution in [2.75, 3.05) is 7.11 Å². The van der Waals surface area contributed by atoms with E-state index in [-0.39, 0.29) is 17.4 Å². The smallest absolute Gasteiger partial charge is 0.119 e. The molecule has 4 rings (SSSR count). The molecule has 3 aliphatic carbocycles. The summed E-state index contributed by atoms with van der Waals surface area (Å²) in [7, 11) is 4.00. The maximum Gasteiger partial charge on any atom is 0.119 e. The molecule has 132 valence electrons. The van der Waals surface area contributed by atoms with Gasteiger partial charge in [-0.3, -0.25) is 0 Å². The van der Waals surface area contributed by atoms with Gasteiger partial charge in [0.1, 0.15) is 11.9 Å². The van der Waals surface area contributed by atoms with Crippen molar-refractivity contribution in [1.82, 2.24) is 0 Å². The number of aryl methyl sites for hydroxylation is 1. The molecule has 0 amide bonds. The Morgan fingerprint density at radius 3 is 2.71 bits per heavy atom. The molecular weight excluding hydrogens is 323 g/mol. The Kier molecular flexibility index (Phi) is 4.16. The molecule has 8 atom stereocenters. The van der Waals surface area contributed by atoms with Crippen molar-refractivity contribution in [2.45, 2.75) is 56.8 Å². The Morgan fingerprint density at radius 1 is 1.21 bits per heavy atom. The van der Waals surface area contributed by atoms with Crippen molar-refractivity contribution < 1.29 is 19.5 Å². The quantitative estimate of drug-likeness (QED) is 0.805. The Balaban J connectivity index is 1.71. The van der Waals surface area contributed by atoms with Crippen LogP contribution in [-0.4, -0.2) is 35.6 Å². The van der Waals surface area contributed by atoms with Crippen LogP contribution in [0.15, 0.2) is 18.2 Å². The molecule has 0 bridgehead atoms. The number of ether oxygens (including phenoxy) is 1. The highest BCUT2D eigenvalue weighted by Gasteiger charge is 2.63. The minimum absolute atomic E-state index is 0.0899. The minimum Gasteiger partial charge on any atom is -0.497 e. The lowest BCUT2D eigenvalue weighted by atomic mass is 9.55. The highest BCUT2D eigenvalue weighted by molar-refractivity contribution is 7.09. The van der Waals surface area contributed by atoms with Crippen molar-refractivity contribution in [3.63, 3.8) is 0 Å². The molecule has 0 aliphatic heterocycles. The summed E-state index contributed by atoms with van der Waals surface area (Å²) in [5, 5.41) is 21.3. The van der Waals surface area contributed by atoms with Gasteiger partial charge in [0.25, 0.3) is 0 Å². The average Bonchev–Trinajstić information content (AvgIpc) is 2.79. The van der Waals surface area contributed by atoms with E-state index < -0.39 is 12.2 Å². The lowest BCUT2D eigenvalue weighted by Gasteiger charge is -2.50. The molecule has 0 saturated heterocycles. The van der Waals surface area contributed by atoms with Crippen LogP contribution in [0.25, 0.3) is 0 Å². The van der Waals surface area contributed by atoms with Gasteiger partial charge in [0.15, 0.2) is 0 Å². The number of fused-ring (bicyclic) bond motifs is 5. The van der Waals surface area contributed by atoms with Gasteiger partial charge in [-0.1, -0.05) is 13.0 Å². The SMILES string of the molecule is COc1ccc2c(c1)CCC1C2CC[C@@]2(C)C1[C@@H](O)[C@@H](O)[C@@H]2OP. The van der Waals surface area contributed by atoms with Gasteiger partial charge in [-0.15, -0.1) is 0 Å². The third kappa shape index (κ3) is 2.20. The largest absolute Gasteiger partial charge is 0.497 e. The third-order valence-corrected chi connectivity index (χ3v) is 7.35. The molecule has 0 aromatic heterocycles. The van der Waals surface area contributed by atoms with E-state index in [1.807, 2.05) is 6.07 Å². The summed E-state index contributed by atoms with van der Waals surface area (Å²) >= 11 is 0. The normalized spacial score (nSPS) is 43.7. The third-order valence-electron chi connectivity index (χ3n) is 7.05. The molecule has 4 unspecified atom stereocenters. The van der Waals surface area contributed by atoms with Crippen molar-refractivity contribution >= 4 is 9.47 Å². The number of aliphatic hydroxyl groups is 2. The van der Waals surface area contributed by atoms with Crippen LogP contribution in [-0.2, 0) is 10.9 Å². The van der Waals surface area contributed by atoms with Crippen molar-refractivity contribution in [1.29, 1.82) is 0 Å². The van der Waals surface area contributed by atoms with Gasteiger partial charge in [0.05, 0.1) is 19.3 Å². The molecule has 0 heterocycles. The topological polar surface area (TPSA) is 58.9 Å². The maximum absolute atomic E-state index is 10.8. The predicted octanol–water partition coefficient (Wildman–Crippen LogP) is 2.67. The second-order valence-corrected chi connectivity index (χ2v) is 8.25. The maximum atomic E-state index is 10.8. The first kappa shape index (κ1) is 16.8. The van der Waals surface area contributed by atoms with E-state index in [0.29, 0.717) is 11.8 Å². The van der Waals surface area contributed by atoms with Gasteiger partial charge < -0.3 is 19.5 Å². The van der Waals surface area contributed by atoms with E-state index >= 15 is 0 Å². The minimum atomic E-state index is -0.798. The number of methoxy groups -OCH3 is 1. The molecule has 1 aromatic carbocycles. The van der Waals surface area contributed by atoms with Crippen LogP contribution in [0.4, 0.5) is 0 Å². The first-order valence-corrected chi connectivity index (χ1v) is 9.37. The molecule has 0 radical (unpaired) electrons. The number of benzene rings is 1. The molecule has 2 saturated carbocycles. The summed E-state index contributed by atoms with van der Waals surface area (Å²) in [5.41, 5.74) is 2.63. The van der Waals surface area contributed by atoms with E-state index in [4.69, 9.17) is 9.26 Å². The Morgan fingerprint density at radius 2 is 2.00 bits per heavy atom. The van der Waals surface area contributed by atoms with Crippen molar-refractivity contribution in [3.05, 3.63) is 29.3 Å². The Labute approximate surface area is 145 Å². The second kappa shape index (κ2) is 5.95. The molecule has 2 N–H and O–H groups in total. The second-order valence-electron chi connectivity index (χ2n) is 7.98. The average molecular weight is 350 g/mol. The van der Waals surface area contributed by atoms with Crippen molar-refractivity contribution in [3.8, 4) is 5.75 Å². The van der Waals surface area contributed by atoms with Crippen LogP contribution in [0.3, 0.4) is 0 Å². The van der Waals surface area contributed by atoms with Crippen LogP contribution in [0.5, 0.6) is 5.75 Å². The molecular formula is C19H27O4P. The number of aliphatic hydroxyl groups excluding tert-OH is 2. The molecule has 0 spiro atoms. The number of hydrogen-bond donors (Lipinski definition) is 2. The van der Waals surface area contributed by atoms with Gasteiger partial charge in [-0.05, 0) is 66.7 Å². The zero-order valence-corrected chi connectivity index (χ0v) is 15.5. The summed E-state index contributed by atoms with van der Waals surface area (Å²) in [6.07, 6.45) is 2.31. The van der Waals surface area contributed by atoms with Gasteiger partial charge in [-0.25, -0.2) is 0 Å². The fourth-order valence-corrected chi connectivity index (χ4v) is 6.43. The summed E-state index contributed by atoms with van der Waals surface area (Å²) < 4.78 is 10.9. The Bertz CT molecular complexity index is 636. The van der Waals surface area contributed by atoms with Gasteiger partial charge in [0.2, 0.25) is 0 Å². The van der Waals surface area contributed by atoms with Gasteiger partial charge in [-0.2, -0.15) is 0 Å². The lowest BCUT2D eigenvalue weighted by molar-refractivity contribution is -0.0341. The molecule has 1 aromatic rings. The van der Waals surface area contributed by atoms with Gasteiger partial charge in [0, 0.05) is 14.9 Å². The van der Waals surface area contributed by atoms with E-state index in [9.17, 15) is 10.2 Å². The van der Waals surface area contributed by atoms with Crippen LogP contribution < -0.4 is 4.74 Å². The zero-order chi connectivity index (χ0) is 17.1. The number of hydrogen-bond acceptors (Lipinski definition) is 4. The van der Waals surface area contributed by atoms with E-state index in [1.165, 1.54) is 11.1 Å². The first-order chi connectivity index (χ1) is 11.5. The standard InChI is InChI=1S/C19H27O4P/c1-19-8-7-13-12-6-4-11(22-2)9-10(12)3-5-14(13)15(19)16(20)17(21)18(19)23-24/h4,6,9,13-18,20-21H,3,5,7-8,24H2,1-2H3/t13?,14?,15?,16-,17-,18+,19+/m1/s1. The molecule has 2 fully saturated rings. The monoisotopic (exact) mass is 350 g/mol. The fourth-order valence-electron chi connectivity index (χ4n) is 5.96.